The summed E-state index contributed by atoms with van der Waals surface area (Å²) in [5, 5.41) is 4.04. The van der Waals surface area contributed by atoms with Crippen LogP contribution in [0.15, 0.2) is 23.3 Å². The van der Waals surface area contributed by atoms with E-state index in [1.807, 2.05) is 25.2 Å². The van der Waals surface area contributed by atoms with Crippen molar-refractivity contribution in [1.29, 1.82) is 0 Å². The van der Waals surface area contributed by atoms with Gasteiger partial charge in [-0.2, -0.15) is 0 Å². The summed E-state index contributed by atoms with van der Waals surface area (Å²) in [6, 6.07) is -0.141. The third kappa shape index (κ3) is 4.11. The summed E-state index contributed by atoms with van der Waals surface area (Å²) in [4.78, 5) is 12.1. The molecule has 0 fully saturated rings. The molecular formula is C13H20ClNO. The van der Waals surface area contributed by atoms with Crippen LogP contribution in [0.2, 0.25) is 0 Å². The molecule has 0 heterocycles. The van der Waals surface area contributed by atoms with Crippen LogP contribution < -0.4 is 5.32 Å². The fourth-order valence-electron chi connectivity index (χ4n) is 1.88. The van der Waals surface area contributed by atoms with E-state index >= 15 is 0 Å². The average molecular weight is 242 g/mol. The van der Waals surface area contributed by atoms with Crippen molar-refractivity contribution in [2.45, 2.75) is 45.7 Å². The van der Waals surface area contributed by atoms with Crippen molar-refractivity contribution in [3.63, 3.8) is 0 Å². The molecular weight excluding hydrogens is 222 g/mol. The number of Topliss-reactive ketones (excluding diaryl/α,β-unsaturated/α-hetero) is 1. The van der Waals surface area contributed by atoms with Crippen molar-refractivity contribution < 1.29 is 4.79 Å². The summed E-state index contributed by atoms with van der Waals surface area (Å²) < 4.78 is 0. The van der Waals surface area contributed by atoms with Gasteiger partial charge in [0.25, 0.3) is 0 Å². The van der Waals surface area contributed by atoms with Crippen LogP contribution in [0.25, 0.3) is 0 Å². The Morgan fingerprint density at radius 1 is 1.56 bits per heavy atom. The summed E-state index contributed by atoms with van der Waals surface area (Å²) >= 11 is 5.93. The summed E-state index contributed by atoms with van der Waals surface area (Å²) in [5.74, 6) is 0.125. The molecule has 0 amide bonds. The predicted molar refractivity (Wildman–Crippen MR) is 68.5 cm³/mol. The zero-order valence-electron chi connectivity index (χ0n) is 10.4. The first-order valence-electron chi connectivity index (χ1n) is 5.64. The molecule has 1 rings (SSSR count). The second kappa shape index (κ2) is 5.15. The van der Waals surface area contributed by atoms with E-state index < -0.39 is 0 Å². The molecule has 0 saturated heterocycles. The van der Waals surface area contributed by atoms with Crippen LogP contribution in [0.5, 0.6) is 0 Å². The molecule has 2 nitrogen and oxygen atoms in total. The van der Waals surface area contributed by atoms with Gasteiger partial charge in [-0.05, 0) is 40.2 Å². The smallest absolute Gasteiger partial charge is 0.156 e. The molecule has 0 bridgehead atoms. The molecule has 0 radical (unpaired) electrons. The van der Waals surface area contributed by atoms with Crippen molar-refractivity contribution in [2.75, 3.05) is 0 Å². The Labute approximate surface area is 103 Å². The van der Waals surface area contributed by atoms with Gasteiger partial charge in [0.2, 0.25) is 0 Å². The predicted octanol–water partition coefficient (Wildman–Crippen LogP) is 3.03. The zero-order valence-corrected chi connectivity index (χ0v) is 11.1. The lowest BCUT2D eigenvalue weighted by atomic mass is 9.91. The Morgan fingerprint density at radius 3 is 2.69 bits per heavy atom. The Bertz CT molecular complexity index is 325. The highest BCUT2D eigenvalue weighted by Gasteiger charge is 2.26. The number of allylic oxidation sites excluding steroid dienone is 4. The third-order valence-corrected chi connectivity index (χ3v) is 2.76. The first-order chi connectivity index (χ1) is 7.29. The topological polar surface area (TPSA) is 29.1 Å². The van der Waals surface area contributed by atoms with Crippen molar-refractivity contribution in [2.24, 2.45) is 5.92 Å². The van der Waals surface area contributed by atoms with Gasteiger partial charge in [0.15, 0.2) is 5.78 Å². The standard InChI is InChI=1S/C13H20ClNO/c1-9(15-13(2,3)4)12(16)10-6-5-7-11(14)8-10/h5-7,9-10,15H,8H2,1-4H3/t9-,10+/m1/s1. The van der Waals surface area contributed by atoms with Crippen molar-refractivity contribution in [1.82, 2.24) is 5.32 Å². The lowest BCUT2D eigenvalue weighted by Crippen LogP contribution is -2.47. The molecule has 1 aliphatic rings. The number of ketones is 1. The Kier molecular flexibility index (Phi) is 4.34. The summed E-state index contributed by atoms with van der Waals surface area (Å²) in [6.07, 6.45) is 6.26. The fraction of sp³-hybridized carbons (Fsp3) is 0.615. The number of hydrogen-bond donors (Lipinski definition) is 1. The molecule has 2 atom stereocenters. The number of carbonyl (C=O) groups is 1. The maximum atomic E-state index is 12.1. The molecule has 0 aliphatic heterocycles. The van der Waals surface area contributed by atoms with Crippen LogP contribution in [-0.4, -0.2) is 17.4 Å². The first kappa shape index (κ1) is 13.5. The van der Waals surface area contributed by atoms with Crippen LogP contribution in [0, 0.1) is 5.92 Å². The summed E-state index contributed by atoms with van der Waals surface area (Å²) in [6.45, 7) is 8.08. The molecule has 0 aromatic carbocycles. The number of halogens is 1. The Hall–Kier alpha value is -0.600. The highest BCUT2D eigenvalue weighted by Crippen LogP contribution is 2.23. The van der Waals surface area contributed by atoms with Crippen LogP contribution in [0.3, 0.4) is 0 Å². The third-order valence-electron chi connectivity index (χ3n) is 2.48. The first-order valence-corrected chi connectivity index (χ1v) is 6.01. The quantitative estimate of drug-likeness (QED) is 0.823. The van der Waals surface area contributed by atoms with Gasteiger partial charge in [-0.1, -0.05) is 23.8 Å². The molecule has 0 aromatic heterocycles. The summed E-state index contributed by atoms with van der Waals surface area (Å²) in [5.41, 5.74) is -0.0485. The van der Waals surface area contributed by atoms with Crippen molar-refractivity contribution in [3.8, 4) is 0 Å². The van der Waals surface area contributed by atoms with E-state index in [1.54, 1.807) is 0 Å². The van der Waals surface area contributed by atoms with E-state index in [2.05, 4.69) is 26.1 Å². The lowest BCUT2D eigenvalue weighted by Gasteiger charge is -2.27. The van der Waals surface area contributed by atoms with Gasteiger partial charge >= 0.3 is 0 Å². The van der Waals surface area contributed by atoms with Crippen molar-refractivity contribution in [3.05, 3.63) is 23.3 Å². The SMILES string of the molecule is C[C@@H](NC(C)(C)C)C(=O)[C@H]1C=CC=C(Cl)C1. The van der Waals surface area contributed by atoms with E-state index in [1.165, 1.54) is 0 Å². The largest absolute Gasteiger partial charge is 0.303 e. The van der Waals surface area contributed by atoms with Crippen LogP contribution in [0.4, 0.5) is 0 Å². The molecule has 0 aromatic rings. The second-order valence-electron chi connectivity index (χ2n) is 5.33. The molecule has 0 spiro atoms. The monoisotopic (exact) mass is 241 g/mol. The highest BCUT2D eigenvalue weighted by atomic mass is 35.5. The maximum Gasteiger partial charge on any atom is 0.156 e. The van der Waals surface area contributed by atoms with E-state index in [-0.39, 0.29) is 23.3 Å². The summed E-state index contributed by atoms with van der Waals surface area (Å²) in [7, 11) is 0. The van der Waals surface area contributed by atoms with Gasteiger partial charge in [-0.15, -0.1) is 0 Å². The molecule has 1 N–H and O–H groups in total. The molecule has 1 aliphatic carbocycles. The highest BCUT2D eigenvalue weighted by molar-refractivity contribution is 6.30. The molecule has 0 saturated carbocycles. The average Bonchev–Trinajstić information content (AvgIpc) is 2.14. The van der Waals surface area contributed by atoms with E-state index in [0.717, 1.165) is 5.03 Å². The van der Waals surface area contributed by atoms with Crippen LogP contribution in [-0.2, 0) is 4.79 Å². The normalized spacial score (nSPS) is 22.8. The minimum atomic E-state index is -0.141. The lowest BCUT2D eigenvalue weighted by molar-refractivity contribution is -0.123. The fourth-order valence-corrected chi connectivity index (χ4v) is 2.12. The minimum absolute atomic E-state index is 0.0485. The van der Waals surface area contributed by atoms with Gasteiger partial charge in [0.1, 0.15) is 0 Å². The van der Waals surface area contributed by atoms with Crippen LogP contribution >= 0.6 is 11.6 Å². The minimum Gasteiger partial charge on any atom is -0.303 e. The van der Waals surface area contributed by atoms with Gasteiger partial charge < -0.3 is 5.32 Å². The number of rotatable bonds is 3. The molecule has 16 heavy (non-hydrogen) atoms. The van der Waals surface area contributed by atoms with Crippen molar-refractivity contribution >= 4 is 17.4 Å². The van der Waals surface area contributed by atoms with Gasteiger partial charge in [-0.3, -0.25) is 4.79 Å². The Balaban J connectivity index is 2.59. The Morgan fingerprint density at radius 2 is 2.19 bits per heavy atom. The molecule has 0 unspecified atom stereocenters. The van der Waals surface area contributed by atoms with Gasteiger partial charge in [0.05, 0.1) is 6.04 Å². The zero-order chi connectivity index (χ0) is 12.3. The second-order valence-corrected chi connectivity index (χ2v) is 5.81. The number of carbonyl (C=O) groups excluding carboxylic acids is 1. The maximum absolute atomic E-state index is 12.1. The van der Waals surface area contributed by atoms with Gasteiger partial charge in [0, 0.05) is 16.5 Å². The number of nitrogens with one attached hydrogen (secondary N) is 1. The molecule has 3 heteroatoms. The van der Waals surface area contributed by atoms with E-state index in [9.17, 15) is 4.79 Å². The van der Waals surface area contributed by atoms with E-state index in [0.29, 0.717) is 6.42 Å². The molecule has 90 valence electrons. The number of hydrogen-bond acceptors (Lipinski definition) is 2. The van der Waals surface area contributed by atoms with Crippen LogP contribution in [0.1, 0.15) is 34.1 Å². The van der Waals surface area contributed by atoms with E-state index in [4.69, 9.17) is 11.6 Å². The van der Waals surface area contributed by atoms with Gasteiger partial charge in [-0.25, -0.2) is 0 Å².